The Hall–Kier alpha value is -2.85. The SMILES string of the molecule is Cc1ccc(N(Cc2nnc(SCC(=O)Nc3ccc(C)c(C)c3)n2C)S(C)(=O)=O)cc1. The summed E-state index contributed by atoms with van der Waals surface area (Å²) < 4.78 is 27.8. The largest absolute Gasteiger partial charge is 0.325 e. The maximum absolute atomic E-state index is 12.4. The van der Waals surface area contributed by atoms with E-state index in [-0.39, 0.29) is 18.2 Å². The fraction of sp³-hybridized carbons (Fsp3) is 0.318. The minimum atomic E-state index is -3.52. The first-order chi connectivity index (χ1) is 15.0. The zero-order chi connectivity index (χ0) is 23.5. The van der Waals surface area contributed by atoms with E-state index in [2.05, 4.69) is 15.5 Å². The number of aryl methyl sites for hydroxylation is 3. The number of amides is 1. The smallest absolute Gasteiger partial charge is 0.234 e. The lowest BCUT2D eigenvalue weighted by molar-refractivity contribution is -0.113. The van der Waals surface area contributed by atoms with E-state index in [1.165, 1.54) is 16.1 Å². The molecule has 0 spiro atoms. The van der Waals surface area contributed by atoms with Gasteiger partial charge in [-0.15, -0.1) is 10.2 Å². The van der Waals surface area contributed by atoms with Crippen LogP contribution in [0.4, 0.5) is 11.4 Å². The Kier molecular flexibility index (Phi) is 7.25. The van der Waals surface area contributed by atoms with E-state index in [9.17, 15) is 13.2 Å². The van der Waals surface area contributed by atoms with E-state index in [0.29, 0.717) is 16.7 Å². The molecule has 0 aliphatic heterocycles. The van der Waals surface area contributed by atoms with Crippen LogP contribution in [0.5, 0.6) is 0 Å². The second-order valence-corrected chi connectivity index (χ2v) is 10.5. The van der Waals surface area contributed by atoms with Crippen molar-refractivity contribution in [1.29, 1.82) is 0 Å². The summed E-state index contributed by atoms with van der Waals surface area (Å²) in [6.07, 6.45) is 1.16. The third-order valence-corrected chi connectivity index (χ3v) is 7.22. The van der Waals surface area contributed by atoms with E-state index in [0.717, 1.165) is 28.6 Å². The Morgan fingerprint density at radius 1 is 1.06 bits per heavy atom. The predicted octanol–water partition coefficient (Wildman–Crippen LogP) is 3.44. The molecule has 3 aromatic rings. The first-order valence-electron chi connectivity index (χ1n) is 9.97. The maximum atomic E-state index is 12.4. The van der Waals surface area contributed by atoms with Gasteiger partial charge in [0, 0.05) is 12.7 Å². The number of rotatable bonds is 8. The number of thioether (sulfide) groups is 1. The van der Waals surface area contributed by atoms with Gasteiger partial charge in [0.25, 0.3) is 0 Å². The molecule has 170 valence electrons. The van der Waals surface area contributed by atoms with Gasteiger partial charge in [0.15, 0.2) is 11.0 Å². The summed E-state index contributed by atoms with van der Waals surface area (Å²) in [4.78, 5) is 12.3. The van der Waals surface area contributed by atoms with Crippen molar-refractivity contribution in [3.05, 3.63) is 65.0 Å². The van der Waals surface area contributed by atoms with E-state index in [4.69, 9.17) is 0 Å². The highest BCUT2D eigenvalue weighted by atomic mass is 32.2. The molecule has 0 fully saturated rings. The van der Waals surface area contributed by atoms with Crippen molar-refractivity contribution in [3.63, 3.8) is 0 Å². The van der Waals surface area contributed by atoms with Crippen LogP contribution in [-0.4, -0.2) is 41.1 Å². The Labute approximate surface area is 193 Å². The average molecular weight is 474 g/mol. The summed E-state index contributed by atoms with van der Waals surface area (Å²) in [6, 6.07) is 13.0. The van der Waals surface area contributed by atoms with Crippen LogP contribution in [0.15, 0.2) is 47.6 Å². The quantitative estimate of drug-likeness (QED) is 0.504. The molecule has 0 aliphatic carbocycles. The van der Waals surface area contributed by atoms with Gasteiger partial charge < -0.3 is 9.88 Å². The molecule has 0 saturated carbocycles. The van der Waals surface area contributed by atoms with Gasteiger partial charge in [-0.2, -0.15) is 0 Å². The summed E-state index contributed by atoms with van der Waals surface area (Å²) in [5, 5.41) is 11.7. The topological polar surface area (TPSA) is 97.2 Å². The van der Waals surface area contributed by atoms with Crippen molar-refractivity contribution in [1.82, 2.24) is 14.8 Å². The minimum Gasteiger partial charge on any atom is -0.325 e. The van der Waals surface area contributed by atoms with Crippen LogP contribution in [0, 0.1) is 20.8 Å². The Bertz CT molecular complexity index is 1220. The third-order valence-electron chi connectivity index (χ3n) is 5.06. The second-order valence-electron chi connectivity index (χ2n) is 7.70. The highest BCUT2D eigenvalue weighted by Gasteiger charge is 2.21. The molecule has 2 aromatic carbocycles. The van der Waals surface area contributed by atoms with E-state index in [1.54, 1.807) is 23.7 Å². The van der Waals surface area contributed by atoms with Crippen LogP contribution in [0.25, 0.3) is 0 Å². The van der Waals surface area contributed by atoms with Crippen LogP contribution in [0.2, 0.25) is 0 Å². The van der Waals surface area contributed by atoms with Crippen LogP contribution in [0.3, 0.4) is 0 Å². The zero-order valence-electron chi connectivity index (χ0n) is 18.8. The van der Waals surface area contributed by atoms with Gasteiger partial charge in [-0.3, -0.25) is 9.10 Å². The van der Waals surface area contributed by atoms with Gasteiger partial charge in [-0.25, -0.2) is 8.42 Å². The van der Waals surface area contributed by atoms with Crippen LogP contribution in [0.1, 0.15) is 22.5 Å². The van der Waals surface area contributed by atoms with Crippen molar-refractivity contribution in [2.24, 2.45) is 7.05 Å². The molecule has 32 heavy (non-hydrogen) atoms. The molecule has 0 aliphatic rings. The summed E-state index contributed by atoms with van der Waals surface area (Å²) in [5.74, 6) is 0.486. The number of carbonyl (C=O) groups is 1. The molecule has 0 bridgehead atoms. The fourth-order valence-corrected chi connectivity index (χ4v) is 4.58. The molecule has 0 saturated heterocycles. The van der Waals surface area contributed by atoms with Crippen molar-refractivity contribution < 1.29 is 13.2 Å². The van der Waals surface area contributed by atoms with Crippen molar-refractivity contribution in [3.8, 4) is 0 Å². The van der Waals surface area contributed by atoms with Crippen LogP contribution >= 0.6 is 11.8 Å². The normalized spacial score (nSPS) is 11.4. The number of nitrogens with one attached hydrogen (secondary N) is 1. The predicted molar refractivity (Wildman–Crippen MR) is 128 cm³/mol. The lowest BCUT2D eigenvalue weighted by atomic mass is 10.1. The first kappa shape index (κ1) is 23.8. The zero-order valence-corrected chi connectivity index (χ0v) is 20.4. The van der Waals surface area contributed by atoms with Crippen molar-refractivity contribution in [2.75, 3.05) is 21.6 Å². The van der Waals surface area contributed by atoms with Crippen molar-refractivity contribution in [2.45, 2.75) is 32.5 Å². The summed E-state index contributed by atoms with van der Waals surface area (Å²) in [6.45, 7) is 6.00. The third kappa shape index (κ3) is 5.89. The monoisotopic (exact) mass is 473 g/mol. The van der Waals surface area contributed by atoms with E-state index < -0.39 is 10.0 Å². The van der Waals surface area contributed by atoms with Gasteiger partial charge in [0.05, 0.1) is 24.2 Å². The standard InChI is InChI=1S/C22H27N5O3S2/c1-15-6-10-19(11-7-15)27(32(5,29)30)13-20-24-25-22(26(20)4)31-14-21(28)23-18-9-8-16(2)17(3)12-18/h6-12H,13-14H2,1-5H3,(H,23,28). The maximum Gasteiger partial charge on any atom is 0.234 e. The van der Waals surface area contributed by atoms with E-state index in [1.807, 2.05) is 51.1 Å². The number of aromatic nitrogens is 3. The number of hydrogen-bond acceptors (Lipinski definition) is 6. The second kappa shape index (κ2) is 9.74. The molecule has 0 atom stereocenters. The molecule has 1 aromatic heterocycles. The Balaban J connectivity index is 1.68. The fourth-order valence-electron chi connectivity index (χ4n) is 2.99. The number of benzene rings is 2. The molecule has 1 N–H and O–H groups in total. The molecule has 8 nitrogen and oxygen atoms in total. The minimum absolute atomic E-state index is 0.0425. The number of hydrogen-bond donors (Lipinski definition) is 1. The van der Waals surface area contributed by atoms with Crippen LogP contribution < -0.4 is 9.62 Å². The molecule has 1 heterocycles. The van der Waals surface area contributed by atoms with E-state index >= 15 is 0 Å². The van der Waals surface area contributed by atoms with Crippen molar-refractivity contribution >= 4 is 39.1 Å². The molecule has 1 amide bonds. The molecule has 0 unspecified atom stereocenters. The average Bonchev–Trinajstić information content (AvgIpc) is 3.07. The summed E-state index contributed by atoms with van der Waals surface area (Å²) in [5.41, 5.74) is 4.62. The van der Waals surface area contributed by atoms with Gasteiger partial charge in [0.1, 0.15) is 0 Å². The Morgan fingerprint density at radius 3 is 2.38 bits per heavy atom. The lowest BCUT2D eigenvalue weighted by Crippen LogP contribution is -2.30. The van der Waals surface area contributed by atoms with Crippen LogP contribution in [-0.2, 0) is 28.4 Å². The number of nitrogens with zero attached hydrogens (tertiary/aromatic N) is 4. The molecule has 10 heteroatoms. The van der Waals surface area contributed by atoms with Gasteiger partial charge in [-0.1, -0.05) is 35.5 Å². The summed E-state index contributed by atoms with van der Waals surface area (Å²) in [7, 11) is -1.76. The molecule has 3 rings (SSSR count). The molecule has 0 radical (unpaired) electrons. The number of sulfonamides is 1. The highest BCUT2D eigenvalue weighted by molar-refractivity contribution is 7.99. The summed E-state index contributed by atoms with van der Waals surface area (Å²) >= 11 is 1.24. The highest BCUT2D eigenvalue weighted by Crippen LogP contribution is 2.23. The number of anilines is 2. The molecular weight excluding hydrogens is 446 g/mol. The van der Waals surface area contributed by atoms with Gasteiger partial charge >= 0.3 is 0 Å². The lowest BCUT2D eigenvalue weighted by Gasteiger charge is -2.22. The molecular formula is C22H27N5O3S2. The van der Waals surface area contributed by atoms with Gasteiger partial charge in [-0.05, 0) is 56.2 Å². The first-order valence-corrected chi connectivity index (χ1v) is 12.8. The number of carbonyl (C=O) groups excluding carboxylic acids is 1. The van der Waals surface area contributed by atoms with Gasteiger partial charge in [0.2, 0.25) is 15.9 Å². The Morgan fingerprint density at radius 2 is 1.75 bits per heavy atom.